The Labute approximate surface area is 94.2 Å². The number of thioether (sulfide) groups is 1. The van der Waals surface area contributed by atoms with E-state index in [1.165, 1.54) is 0 Å². The molecule has 0 spiro atoms. The molecule has 0 bridgehead atoms. The summed E-state index contributed by atoms with van der Waals surface area (Å²) in [5.41, 5.74) is 0. The average molecular weight is 234 g/mol. The van der Waals surface area contributed by atoms with Gasteiger partial charge in [0.05, 0.1) is 0 Å². The smallest absolute Gasteiger partial charge is 0.225 e. The minimum atomic E-state index is 0.373. The number of aryl methyl sites for hydroxylation is 1. The molecule has 1 atom stereocenters. The maximum Gasteiger partial charge on any atom is 0.225 e. The molecule has 1 aromatic heterocycles. The van der Waals surface area contributed by atoms with Crippen LogP contribution in [0.2, 0.25) is 5.28 Å². The van der Waals surface area contributed by atoms with E-state index in [0.29, 0.717) is 11.3 Å². The minimum absolute atomic E-state index is 0.373. The molecule has 0 aliphatic heterocycles. The average Bonchev–Trinajstić information content (AvgIpc) is 2.56. The molecule has 0 aliphatic carbocycles. The first kappa shape index (κ1) is 11.9. The lowest BCUT2D eigenvalue weighted by Crippen LogP contribution is -2.11. The van der Waals surface area contributed by atoms with Gasteiger partial charge in [-0.25, -0.2) is 0 Å². The monoisotopic (exact) mass is 233 g/mol. The summed E-state index contributed by atoms with van der Waals surface area (Å²) in [6.07, 6.45) is 0.876. The molecule has 5 heteroatoms. The maximum atomic E-state index is 5.98. The fraction of sp³-hybridized carbons (Fsp3) is 0.778. The van der Waals surface area contributed by atoms with E-state index in [-0.39, 0.29) is 0 Å². The van der Waals surface area contributed by atoms with Crippen LogP contribution in [0.1, 0.15) is 32.6 Å². The van der Waals surface area contributed by atoms with E-state index >= 15 is 0 Å². The van der Waals surface area contributed by atoms with Gasteiger partial charge < -0.3 is 0 Å². The summed E-state index contributed by atoms with van der Waals surface area (Å²) in [5, 5.41) is 8.43. The van der Waals surface area contributed by atoms with Crippen molar-refractivity contribution in [3.8, 4) is 0 Å². The van der Waals surface area contributed by atoms with Gasteiger partial charge in [-0.1, -0.05) is 13.8 Å². The number of aromatic nitrogens is 3. The number of rotatable bonds is 5. The number of hydrogen-bond acceptors (Lipinski definition) is 3. The quantitative estimate of drug-likeness (QED) is 0.784. The Morgan fingerprint density at radius 3 is 2.71 bits per heavy atom. The van der Waals surface area contributed by atoms with Crippen LogP contribution >= 0.6 is 23.4 Å². The van der Waals surface area contributed by atoms with E-state index < -0.39 is 0 Å². The van der Waals surface area contributed by atoms with E-state index in [4.69, 9.17) is 11.6 Å². The first-order valence-corrected chi connectivity index (χ1v) is 6.40. The van der Waals surface area contributed by atoms with Crippen molar-refractivity contribution in [2.24, 2.45) is 0 Å². The van der Waals surface area contributed by atoms with Gasteiger partial charge in [-0.2, -0.15) is 11.8 Å². The zero-order valence-electron chi connectivity index (χ0n) is 8.83. The van der Waals surface area contributed by atoms with Gasteiger partial charge in [-0.05, 0) is 24.3 Å². The molecule has 1 rings (SSSR count). The van der Waals surface area contributed by atoms with Crippen molar-refractivity contribution < 1.29 is 0 Å². The first-order valence-electron chi connectivity index (χ1n) is 4.87. The van der Waals surface area contributed by atoms with Crippen molar-refractivity contribution in [2.45, 2.75) is 33.2 Å². The van der Waals surface area contributed by atoms with E-state index in [1.54, 1.807) is 0 Å². The largest absolute Gasteiger partial charge is 0.298 e. The Morgan fingerprint density at radius 2 is 2.14 bits per heavy atom. The van der Waals surface area contributed by atoms with Crippen molar-refractivity contribution in [3.05, 3.63) is 11.1 Å². The zero-order chi connectivity index (χ0) is 10.6. The second-order valence-electron chi connectivity index (χ2n) is 3.12. The predicted molar refractivity (Wildman–Crippen MR) is 62.1 cm³/mol. The SMILES string of the molecule is CCSCC(C)n1c(Cl)nnc1CC. The van der Waals surface area contributed by atoms with Crippen molar-refractivity contribution in [3.63, 3.8) is 0 Å². The van der Waals surface area contributed by atoms with Gasteiger partial charge in [0.25, 0.3) is 0 Å². The number of nitrogens with zero attached hydrogens (tertiary/aromatic N) is 3. The number of halogens is 1. The second-order valence-corrected chi connectivity index (χ2v) is 4.77. The summed E-state index contributed by atoms with van der Waals surface area (Å²) in [6, 6.07) is 0.373. The molecule has 3 nitrogen and oxygen atoms in total. The molecule has 1 aromatic rings. The highest BCUT2D eigenvalue weighted by Crippen LogP contribution is 2.20. The first-order chi connectivity index (χ1) is 6.70. The Balaban J connectivity index is 2.76. The summed E-state index contributed by atoms with van der Waals surface area (Å²) in [7, 11) is 0. The highest BCUT2D eigenvalue weighted by Gasteiger charge is 2.14. The van der Waals surface area contributed by atoms with Gasteiger partial charge in [0, 0.05) is 18.2 Å². The lowest BCUT2D eigenvalue weighted by atomic mass is 10.3. The van der Waals surface area contributed by atoms with Crippen LogP contribution in [0.4, 0.5) is 0 Å². The van der Waals surface area contributed by atoms with Crippen LogP contribution in [0.25, 0.3) is 0 Å². The van der Waals surface area contributed by atoms with Gasteiger partial charge in [-0.3, -0.25) is 4.57 Å². The summed E-state index contributed by atoms with van der Waals surface area (Å²) in [5.74, 6) is 3.16. The maximum absolute atomic E-state index is 5.98. The molecule has 1 heterocycles. The fourth-order valence-electron chi connectivity index (χ4n) is 1.34. The van der Waals surface area contributed by atoms with Gasteiger partial charge in [0.2, 0.25) is 5.28 Å². The van der Waals surface area contributed by atoms with Gasteiger partial charge >= 0.3 is 0 Å². The molecule has 80 valence electrons. The van der Waals surface area contributed by atoms with Crippen LogP contribution in [0, 0.1) is 0 Å². The van der Waals surface area contributed by atoms with E-state index in [1.807, 2.05) is 16.3 Å². The molecular formula is C9H16ClN3S. The molecular weight excluding hydrogens is 218 g/mol. The minimum Gasteiger partial charge on any atom is -0.298 e. The van der Waals surface area contributed by atoms with Crippen LogP contribution in [-0.4, -0.2) is 26.3 Å². The normalized spacial score (nSPS) is 13.1. The summed E-state index contributed by atoms with van der Waals surface area (Å²) < 4.78 is 2.02. The summed E-state index contributed by atoms with van der Waals surface area (Å²) in [6.45, 7) is 6.37. The van der Waals surface area contributed by atoms with Crippen molar-refractivity contribution in [1.29, 1.82) is 0 Å². The molecule has 0 radical (unpaired) electrons. The number of hydrogen-bond donors (Lipinski definition) is 0. The van der Waals surface area contributed by atoms with E-state index in [0.717, 1.165) is 23.8 Å². The summed E-state index contributed by atoms with van der Waals surface area (Å²) in [4.78, 5) is 0. The molecule has 14 heavy (non-hydrogen) atoms. The van der Waals surface area contributed by atoms with Crippen LogP contribution in [-0.2, 0) is 6.42 Å². The molecule has 0 fully saturated rings. The molecule has 0 amide bonds. The second kappa shape index (κ2) is 5.61. The third kappa shape index (κ3) is 2.64. The van der Waals surface area contributed by atoms with Gasteiger partial charge in [0.1, 0.15) is 5.82 Å². The van der Waals surface area contributed by atoms with Crippen molar-refractivity contribution in [2.75, 3.05) is 11.5 Å². The molecule has 1 unspecified atom stereocenters. The van der Waals surface area contributed by atoms with Crippen LogP contribution in [0.15, 0.2) is 0 Å². The molecule has 0 aliphatic rings. The predicted octanol–water partition coefficient (Wildman–Crippen LogP) is 2.81. The lowest BCUT2D eigenvalue weighted by molar-refractivity contribution is 0.580. The third-order valence-corrected chi connectivity index (χ3v) is 3.43. The van der Waals surface area contributed by atoms with Gasteiger partial charge in [0.15, 0.2) is 0 Å². The highest BCUT2D eigenvalue weighted by atomic mass is 35.5. The van der Waals surface area contributed by atoms with E-state index in [2.05, 4.69) is 31.0 Å². The van der Waals surface area contributed by atoms with Crippen molar-refractivity contribution >= 4 is 23.4 Å². The lowest BCUT2D eigenvalue weighted by Gasteiger charge is -2.14. The van der Waals surface area contributed by atoms with Crippen LogP contribution in [0.5, 0.6) is 0 Å². The van der Waals surface area contributed by atoms with Gasteiger partial charge in [-0.15, -0.1) is 10.2 Å². The fourth-order valence-corrected chi connectivity index (χ4v) is 2.37. The summed E-state index contributed by atoms with van der Waals surface area (Å²) >= 11 is 7.88. The standard InChI is InChI=1S/C9H16ClN3S/c1-4-8-11-12-9(10)13(8)7(3)6-14-5-2/h7H,4-6H2,1-3H3. The van der Waals surface area contributed by atoms with Crippen LogP contribution < -0.4 is 0 Å². The van der Waals surface area contributed by atoms with Crippen molar-refractivity contribution in [1.82, 2.24) is 14.8 Å². The molecule has 0 saturated heterocycles. The molecule has 0 N–H and O–H groups in total. The zero-order valence-corrected chi connectivity index (χ0v) is 10.4. The Bertz CT molecular complexity index is 288. The molecule has 0 saturated carbocycles. The Kier molecular flexibility index (Phi) is 4.75. The van der Waals surface area contributed by atoms with Crippen LogP contribution in [0.3, 0.4) is 0 Å². The Hall–Kier alpha value is -0.220. The van der Waals surface area contributed by atoms with E-state index in [9.17, 15) is 0 Å². The highest BCUT2D eigenvalue weighted by molar-refractivity contribution is 7.99. The molecule has 0 aromatic carbocycles. The topological polar surface area (TPSA) is 30.7 Å². The Morgan fingerprint density at radius 1 is 1.43 bits per heavy atom. The third-order valence-electron chi connectivity index (χ3n) is 2.04.